The van der Waals surface area contributed by atoms with Gasteiger partial charge in [0.15, 0.2) is 16.7 Å². The zero-order valence-corrected chi connectivity index (χ0v) is 11.4. The van der Waals surface area contributed by atoms with Crippen molar-refractivity contribution in [3.63, 3.8) is 0 Å². The molecule has 0 radical (unpaired) electrons. The number of nitrogens with two attached hydrogens (primary N) is 1. The van der Waals surface area contributed by atoms with Crippen LogP contribution in [0.15, 0.2) is 34.4 Å². The number of hydrogen-bond acceptors (Lipinski definition) is 6. The third-order valence-corrected chi connectivity index (χ3v) is 3.84. The highest BCUT2D eigenvalue weighted by molar-refractivity contribution is 7.99. The number of nitrogens with zero attached hydrogens (tertiary/aromatic N) is 2. The minimum atomic E-state index is 0.259. The van der Waals surface area contributed by atoms with Gasteiger partial charge in [-0.05, 0) is 18.2 Å². The summed E-state index contributed by atoms with van der Waals surface area (Å²) in [5.74, 6) is 1.49. The van der Waals surface area contributed by atoms with Crippen LogP contribution in [-0.2, 0) is 0 Å². The maximum absolute atomic E-state index is 5.86. The van der Waals surface area contributed by atoms with Crippen LogP contribution in [0.4, 0.5) is 5.69 Å². The van der Waals surface area contributed by atoms with Gasteiger partial charge in [0.05, 0.1) is 0 Å². The molecule has 2 heterocycles. The highest BCUT2D eigenvalue weighted by Gasteiger charge is 2.14. The van der Waals surface area contributed by atoms with Gasteiger partial charge in [-0.2, -0.15) is 0 Å². The van der Waals surface area contributed by atoms with Gasteiger partial charge in [0, 0.05) is 4.90 Å². The molecular weight excluding hydrogens is 286 g/mol. The fourth-order valence-corrected chi connectivity index (χ4v) is 2.66. The van der Waals surface area contributed by atoms with Crippen molar-refractivity contribution in [2.24, 2.45) is 0 Å². The van der Waals surface area contributed by atoms with Crippen molar-refractivity contribution in [2.45, 2.75) is 9.92 Å². The number of rotatable bonds is 2. The Hall–Kier alpha value is -1.66. The average Bonchev–Trinajstić information content (AvgIpc) is 2.44. The van der Waals surface area contributed by atoms with Crippen molar-refractivity contribution >= 4 is 29.1 Å². The smallest absolute Gasteiger partial charge is 0.162 e. The molecular formula is C12H10ClN3O2S. The van der Waals surface area contributed by atoms with E-state index < -0.39 is 0 Å². The summed E-state index contributed by atoms with van der Waals surface area (Å²) in [6.45, 7) is 1.14. The van der Waals surface area contributed by atoms with Gasteiger partial charge < -0.3 is 15.2 Å². The third-order valence-electron chi connectivity index (χ3n) is 2.53. The van der Waals surface area contributed by atoms with Gasteiger partial charge >= 0.3 is 0 Å². The number of nitrogen functional groups attached to an aromatic ring is 1. The lowest BCUT2D eigenvalue weighted by molar-refractivity contribution is 0.171. The van der Waals surface area contributed by atoms with Crippen LogP contribution in [-0.4, -0.2) is 23.2 Å². The van der Waals surface area contributed by atoms with Gasteiger partial charge in [-0.1, -0.05) is 23.4 Å². The standard InChI is InChI=1S/C12H10ClN3O2S/c13-11-10(14)12(16-6-15-11)19-7-1-2-8-9(5-7)18-4-3-17-8/h1-2,5-6H,3-4,14H2. The Morgan fingerprint density at radius 1 is 1.16 bits per heavy atom. The number of fused-ring (bicyclic) bond motifs is 1. The highest BCUT2D eigenvalue weighted by atomic mass is 35.5. The Balaban J connectivity index is 1.89. The first-order valence-corrected chi connectivity index (χ1v) is 6.77. The zero-order chi connectivity index (χ0) is 13.2. The summed E-state index contributed by atoms with van der Waals surface area (Å²) in [5.41, 5.74) is 6.21. The van der Waals surface area contributed by atoms with Crippen LogP contribution in [0.25, 0.3) is 0 Å². The van der Waals surface area contributed by atoms with E-state index in [4.69, 9.17) is 26.8 Å². The van der Waals surface area contributed by atoms with E-state index in [1.807, 2.05) is 18.2 Å². The van der Waals surface area contributed by atoms with E-state index in [2.05, 4.69) is 9.97 Å². The molecule has 5 nitrogen and oxygen atoms in total. The van der Waals surface area contributed by atoms with Gasteiger partial charge in [-0.3, -0.25) is 0 Å². The second-order valence-corrected chi connectivity index (χ2v) is 5.21. The lowest BCUT2D eigenvalue weighted by atomic mass is 10.3. The molecule has 0 saturated heterocycles. The van der Waals surface area contributed by atoms with Crippen molar-refractivity contribution in [2.75, 3.05) is 18.9 Å². The van der Waals surface area contributed by atoms with Crippen molar-refractivity contribution in [1.29, 1.82) is 0 Å². The number of ether oxygens (including phenoxy) is 2. The number of anilines is 1. The molecule has 19 heavy (non-hydrogen) atoms. The highest BCUT2D eigenvalue weighted by Crippen LogP contribution is 2.38. The van der Waals surface area contributed by atoms with E-state index in [-0.39, 0.29) is 5.15 Å². The lowest BCUT2D eigenvalue weighted by Crippen LogP contribution is -2.15. The summed E-state index contributed by atoms with van der Waals surface area (Å²) in [5, 5.41) is 0.881. The molecule has 1 aliphatic rings. The van der Waals surface area contributed by atoms with E-state index in [0.717, 1.165) is 16.4 Å². The van der Waals surface area contributed by atoms with Crippen LogP contribution in [0.2, 0.25) is 5.15 Å². The first-order valence-electron chi connectivity index (χ1n) is 5.57. The molecule has 0 saturated carbocycles. The number of aromatic nitrogens is 2. The van der Waals surface area contributed by atoms with Crippen molar-refractivity contribution in [3.8, 4) is 11.5 Å². The molecule has 0 unspecified atom stereocenters. The van der Waals surface area contributed by atoms with Crippen molar-refractivity contribution < 1.29 is 9.47 Å². The molecule has 0 bridgehead atoms. The van der Waals surface area contributed by atoms with E-state index in [1.165, 1.54) is 18.1 Å². The Morgan fingerprint density at radius 3 is 2.79 bits per heavy atom. The first kappa shape index (κ1) is 12.4. The molecule has 1 aromatic heterocycles. The van der Waals surface area contributed by atoms with Crippen LogP contribution >= 0.6 is 23.4 Å². The predicted octanol–water partition coefficient (Wildman–Crippen LogP) is 2.63. The summed E-state index contributed by atoms with van der Waals surface area (Å²) >= 11 is 7.27. The van der Waals surface area contributed by atoms with Crippen molar-refractivity contribution in [1.82, 2.24) is 9.97 Å². The molecule has 0 spiro atoms. The lowest BCUT2D eigenvalue weighted by Gasteiger charge is -2.18. The molecule has 0 aliphatic carbocycles. The Labute approximate surface area is 119 Å². The first-order chi connectivity index (χ1) is 9.24. The Kier molecular flexibility index (Phi) is 3.35. The summed E-state index contributed by atoms with van der Waals surface area (Å²) in [6, 6.07) is 5.69. The van der Waals surface area contributed by atoms with E-state index >= 15 is 0 Å². The van der Waals surface area contributed by atoms with E-state index in [0.29, 0.717) is 23.9 Å². The zero-order valence-electron chi connectivity index (χ0n) is 9.80. The molecule has 1 aromatic carbocycles. The molecule has 3 rings (SSSR count). The summed E-state index contributed by atoms with van der Waals surface area (Å²) in [4.78, 5) is 8.89. The molecule has 98 valence electrons. The summed E-state index contributed by atoms with van der Waals surface area (Å²) < 4.78 is 11.0. The topological polar surface area (TPSA) is 70.3 Å². The average molecular weight is 296 g/mol. The molecule has 2 aromatic rings. The van der Waals surface area contributed by atoms with Crippen LogP contribution in [0.5, 0.6) is 11.5 Å². The van der Waals surface area contributed by atoms with Crippen LogP contribution in [0.1, 0.15) is 0 Å². The van der Waals surface area contributed by atoms with Gasteiger partial charge in [-0.25, -0.2) is 9.97 Å². The predicted molar refractivity (Wildman–Crippen MR) is 73.0 cm³/mol. The van der Waals surface area contributed by atoms with Crippen molar-refractivity contribution in [3.05, 3.63) is 29.7 Å². The Bertz CT molecular complexity index is 624. The molecule has 1 aliphatic heterocycles. The fourth-order valence-electron chi connectivity index (χ4n) is 1.64. The van der Waals surface area contributed by atoms with Crippen LogP contribution in [0.3, 0.4) is 0 Å². The van der Waals surface area contributed by atoms with Crippen LogP contribution in [0, 0.1) is 0 Å². The minimum Gasteiger partial charge on any atom is -0.486 e. The second kappa shape index (κ2) is 5.14. The SMILES string of the molecule is Nc1c(Cl)ncnc1Sc1ccc2c(c1)OCCO2. The number of halogens is 1. The van der Waals surface area contributed by atoms with Crippen LogP contribution < -0.4 is 15.2 Å². The second-order valence-electron chi connectivity index (χ2n) is 3.79. The van der Waals surface area contributed by atoms with E-state index in [9.17, 15) is 0 Å². The normalized spacial score (nSPS) is 13.3. The molecule has 0 fully saturated rings. The maximum atomic E-state index is 5.86. The van der Waals surface area contributed by atoms with E-state index in [1.54, 1.807) is 0 Å². The molecule has 0 atom stereocenters. The fraction of sp³-hybridized carbons (Fsp3) is 0.167. The minimum absolute atomic E-state index is 0.259. The molecule has 0 amide bonds. The summed E-state index contributed by atoms with van der Waals surface area (Å²) in [7, 11) is 0. The quantitative estimate of drug-likeness (QED) is 0.859. The van der Waals surface area contributed by atoms with Gasteiger partial charge in [-0.15, -0.1) is 0 Å². The van der Waals surface area contributed by atoms with Gasteiger partial charge in [0.1, 0.15) is 30.3 Å². The number of hydrogen-bond donors (Lipinski definition) is 1. The Morgan fingerprint density at radius 2 is 1.95 bits per heavy atom. The molecule has 7 heteroatoms. The third kappa shape index (κ3) is 2.54. The monoisotopic (exact) mass is 295 g/mol. The van der Waals surface area contributed by atoms with Gasteiger partial charge in [0.25, 0.3) is 0 Å². The number of benzene rings is 1. The molecule has 2 N–H and O–H groups in total. The summed E-state index contributed by atoms with van der Waals surface area (Å²) in [6.07, 6.45) is 1.39. The van der Waals surface area contributed by atoms with Gasteiger partial charge in [0.2, 0.25) is 0 Å². The maximum Gasteiger partial charge on any atom is 0.162 e. The largest absolute Gasteiger partial charge is 0.486 e.